The third-order valence-electron chi connectivity index (χ3n) is 12.3. The maximum atomic E-state index is 12.9. The average molecular weight is 485 g/mol. The summed E-state index contributed by atoms with van der Waals surface area (Å²) < 4.78 is 6.47. The molecule has 4 aliphatic carbocycles. The van der Waals surface area contributed by atoms with E-state index in [0.717, 1.165) is 11.1 Å². The Morgan fingerprint density at radius 2 is 0.919 bits per heavy atom. The number of ketones is 2. The fraction of sp³-hybridized carbons (Fsp3) is 0.353. The molecule has 0 N–H and O–H groups in total. The highest BCUT2D eigenvalue weighted by molar-refractivity contribution is 6.08. The summed E-state index contributed by atoms with van der Waals surface area (Å²) in [4.78, 5) is 25.9. The molecule has 8 atom stereocenters. The Labute approximate surface area is 216 Å². The first kappa shape index (κ1) is 20.7. The SMILES string of the molecule is CC12c3ccccc3[C@@]3(C)c4cc5c(cc4[C@@](C)(c4ccccc41)C23C)[C@@H]1O[C@H]5[C@@H]2C(=O)C=CC(=O)[C@@H]21. The maximum absolute atomic E-state index is 12.9. The zero-order valence-electron chi connectivity index (χ0n) is 21.5. The Balaban J connectivity index is 1.40. The van der Waals surface area contributed by atoms with Crippen LogP contribution >= 0.6 is 0 Å². The lowest BCUT2D eigenvalue weighted by atomic mass is 9.52. The molecule has 0 amide bonds. The molecule has 3 aromatic carbocycles. The predicted octanol–water partition coefficient (Wildman–Crippen LogP) is 6.02. The van der Waals surface area contributed by atoms with Crippen molar-refractivity contribution >= 4 is 11.6 Å². The van der Waals surface area contributed by atoms with Gasteiger partial charge in [-0.1, -0.05) is 88.4 Å². The van der Waals surface area contributed by atoms with E-state index in [1.165, 1.54) is 45.5 Å². The highest BCUT2D eigenvalue weighted by atomic mass is 16.5. The first-order chi connectivity index (χ1) is 17.7. The van der Waals surface area contributed by atoms with Crippen LogP contribution < -0.4 is 0 Å². The molecule has 2 aliphatic heterocycles. The number of benzene rings is 3. The lowest BCUT2D eigenvalue weighted by Gasteiger charge is -2.49. The van der Waals surface area contributed by atoms with Gasteiger partial charge in [0.2, 0.25) is 0 Å². The van der Waals surface area contributed by atoms with Crippen LogP contribution in [0.5, 0.6) is 0 Å². The fourth-order valence-corrected chi connectivity index (χ4v) is 10.5. The van der Waals surface area contributed by atoms with Crippen LogP contribution in [0, 0.1) is 17.3 Å². The summed E-state index contributed by atoms with van der Waals surface area (Å²) in [5.41, 5.74) is 9.93. The second-order valence-corrected chi connectivity index (χ2v) is 12.8. The summed E-state index contributed by atoms with van der Waals surface area (Å²) in [5, 5.41) is 0. The van der Waals surface area contributed by atoms with E-state index in [0.29, 0.717) is 0 Å². The van der Waals surface area contributed by atoms with Crippen molar-refractivity contribution in [2.24, 2.45) is 17.3 Å². The third-order valence-corrected chi connectivity index (χ3v) is 12.3. The molecule has 6 aliphatic rings. The molecule has 2 heterocycles. The zero-order chi connectivity index (χ0) is 25.3. The van der Waals surface area contributed by atoms with E-state index in [4.69, 9.17) is 4.74 Å². The number of carbonyl (C=O) groups is 2. The van der Waals surface area contributed by atoms with Gasteiger partial charge in [0.1, 0.15) is 0 Å². The molecule has 1 fully saturated rings. The topological polar surface area (TPSA) is 43.4 Å². The van der Waals surface area contributed by atoms with Crippen LogP contribution in [0.25, 0.3) is 0 Å². The van der Waals surface area contributed by atoms with E-state index >= 15 is 0 Å². The lowest BCUT2D eigenvalue weighted by Crippen LogP contribution is -2.51. The van der Waals surface area contributed by atoms with Gasteiger partial charge in [-0.3, -0.25) is 9.59 Å². The Morgan fingerprint density at radius 1 is 0.568 bits per heavy atom. The van der Waals surface area contributed by atoms with Crippen molar-refractivity contribution < 1.29 is 14.3 Å². The van der Waals surface area contributed by atoms with Gasteiger partial charge in [0.15, 0.2) is 11.6 Å². The van der Waals surface area contributed by atoms with E-state index < -0.39 is 11.8 Å². The second kappa shape index (κ2) is 5.73. The molecule has 3 heteroatoms. The minimum Gasteiger partial charge on any atom is -0.364 e. The smallest absolute Gasteiger partial charge is 0.162 e. The summed E-state index contributed by atoms with van der Waals surface area (Å²) in [7, 11) is 0. The molecule has 0 spiro atoms. The van der Waals surface area contributed by atoms with Crippen molar-refractivity contribution in [2.45, 2.75) is 56.1 Å². The third kappa shape index (κ3) is 1.70. The first-order valence-corrected chi connectivity index (χ1v) is 13.5. The van der Waals surface area contributed by atoms with Crippen LogP contribution in [0.15, 0.2) is 72.8 Å². The number of ether oxygens (including phenoxy) is 1. The maximum Gasteiger partial charge on any atom is 0.162 e. The number of carbonyl (C=O) groups excluding carboxylic acids is 2. The second-order valence-electron chi connectivity index (χ2n) is 12.8. The standard InChI is InChI=1S/C34H28O3/c1-31-19-9-5-7-11-21(19)32(2)23-15-17-18(30-28-26(36)14-13-25(35)27(28)29(17)37-30)16-24(23)33(3,34(31,32)4)22-12-8-6-10-20(22)31/h5-16,27-30H,1-4H3/t27-,28+,29-,30+,31?,32+,33-,34?. The van der Waals surface area contributed by atoms with Crippen molar-refractivity contribution in [3.05, 3.63) is 117 Å². The van der Waals surface area contributed by atoms with Gasteiger partial charge in [0, 0.05) is 21.7 Å². The number of fused-ring (bicyclic) bond motifs is 17. The Hall–Kier alpha value is -3.30. The molecule has 37 heavy (non-hydrogen) atoms. The van der Waals surface area contributed by atoms with Crippen molar-refractivity contribution in [3.8, 4) is 0 Å². The Kier molecular flexibility index (Phi) is 3.21. The molecule has 3 aromatic rings. The van der Waals surface area contributed by atoms with Crippen LogP contribution in [-0.2, 0) is 30.6 Å². The van der Waals surface area contributed by atoms with Crippen molar-refractivity contribution in [1.29, 1.82) is 0 Å². The number of hydrogen-bond acceptors (Lipinski definition) is 3. The van der Waals surface area contributed by atoms with E-state index in [2.05, 4.69) is 88.4 Å². The van der Waals surface area contributed by atoms with Crippen LogP contribution in [0.1, 0.15) is 84.4 Å². The van der Waals surface area contributed by atoms with Gasteiger partial charge in [-0.05, 0) is 56.7 Å². The number of allylic oxidation sites excluding steroid dienone is 2. The van der Waals surface area contributed by atoms with Gasteiger partial charge in [-0.25, -0.2) is 0 Å². The fourth-order valence-electron chi connectivity index (χ4n) is 10.5. The minimum absolute atomic E-state index is 0.0259. The predicted molar refractivity (Wildman–Crippen MR) is 139 cm³/mol. The van der Waals surface area contributed by atoms with Crippen molar-refractivity contribution in [1.82, 2.24) is 0 Å². The molecule has 2 bridgehead atoms. The summed E-state index contributed by atoms with van der Waals surface area (Å²) in [6, 6.07) is 22.8. The van der Waals surface area contributed by atoms with E-state index in [-0.39, 0.29) is 45.4 Å². The molecule has 2 unspecified atom stereocenters. The average Bonchev–Trinajstić information content (AvgIpc) is 3.61. The van der Waals surface area contributed by atoms with Crippen LogP contribution in [0.3, 0.4) is 0 Å². The Bertz CT molecular complexity index is 1580. The van der Waals surface area contributed by atoms with Gasteiger partial charge in [-0.2, -0.15) is 0 Å². The molecule has 182 valence electrons. The molecule has 3 nitrogen and oxygen atoms in total. The Morgan fingerprint density at radius 3 is 1.30 bits per heavy atom. The highest BCUT2D eigenvalue weighted by Crippen LogP contribution is 2.82. The molecule has 1 saturated heterocycles. The molecule has 9 rings (SSSR count). The largest absolute Gasteiger partial charge is 0.364 e. The van der Waals surface area contributed by atoms with Crippen LogP contribution in [0.2, 0.25) is 0 Å². The quantitative estimate of drug-likeness (QED) is 0.392. The van der Waals surface area contributed by atoms with Crippen LogP contribution in [0.4, 0.5) is 0 Å². The highest BCUT2D eigenvalue weighted by Gasteiger charge is 2.80. The summed E-state index contributed by atoms with van der Waals surface area (Å²) in [5.74, 6) is -0.736. The normalized spacial score (nSPS) is 42.4. The first-order valence-electron chi connectivity index (χ1n) is 13.5. The van der Waals surface area contributed by atoms with Crippen molar-refractivity contribution in [3.63, 3.8) is 0 Å². The lowest BCUT2D eigenvalue weighted by molar-refractivity contribution is -0.128. The summed E-state index contributed by atoms with van der Waals surface area (Å²) in [6.07, 6.45) is 2.25. The van der Waals surface area contributed by atoms with E-state index in [1.807, 2.05) is 0 Å². The van der Waals surface area contributed by atoms with Gasteiger partial charge in [0.05, 0.1) is 24.0 Å². The molecular formula is C34H28O3. The molecule has 0 radical (unpaired) electrons. The van der Waals surface area contributed by atoms with Gasteiger partial charge in [-0.15, -0.1) is 0 Å². The van der Waals surface area contributed by atoms with Gasteiger partial charge < -0.3 is 4.74 Å². The van der Waals surface area contributed by atoms with E-state index in [1.54, 1.807) is 0 Å². The monoisotopic (exact) mass is 484 g/mol. The van der Waals surface area contributed by atoms with Crippen LogP contribution in [-0.4, -0.2) is 11.6 Å². The summed E-state index contributed by atoms with van der Waals surface area (Å²) in [6.45, 7) is 9.88. The number of rotatable bonds is 0. The summed E-state index contributed by atoms with van der Waals surface area (Å²) >= 11 is 0. The minimum atomic E-state index is -0.394. The van der Waals surface area contributed by atoms with Gasteiger partial charge in [0.25, 0.3) is 0 Å². The molecule has 0 saturated carbocycles. The zero-order valence-corrected chi connectivity index (χ0v) is 21.5. The van der Waals surface area contributed by atoms with Crippen molar-refractivity contribution in [2.75, 3.05) is 0 Å². The van der Waals surface area contributed by atoms with Gasteiger partial charge >= 0.3 is 0 Å². The molecule has 0 aromatic heterocycles. The molecular weight excluding hydrogens is 456 g/mol. The van der Waals surface area contributed by atoms with E-state index in [9.17, 15) is 9.59 Å². The number of hydrogen-bond donors (Lipinski definition) is 0.